The zero-order chi connectivity index (χ0) is 12.0. The van der Waals surface area contributed by atoms with Crippen LogP contribution in [0.1, 0.15) is 6.42 Å². The van der Waals surface area contributed by atoms with E-state index in [1.807, 2.05) is 11.9 Å². The van der Waals surface area contributed by atoms with Gasteiger partial charge in [-0.3, -0.25) is 4.68 Å². The molecule has 0 spiro atoms. The second kappa shape index (κ2) is 5.98. The molecule has 1 rings (SSSR count). The Morgan fingerprint density at radius 1 is 1.62 bits per heavy atom. The molecule has 6 heteroatoms. The quantitative estimate of drug-likeness (QED) is 0.753. The summed E-state index contributed by atoms with van der Waals surface area (Å²) in [5.74, 6) is 0.717. The molecule has 16 heavy (non-hydrogen) atoms. The second-order valence-corrected chi connectivity index (χ2v) is 3.47. The summed E-state index contributed by atoms with van der Waals surface area (Å²) in [6, 6.07) is 2.11. The Morgan fingerprint density at radius 3 is 2.88 bits per heavy atom. The Hall–Kier alpha value is -1.74. The van der Waals surface area contributed by atoms with E-state index in [9.17, 15) is 0 Å². The van der Waals surface area contributed by atoms with Gasteiger partial charge >= 0.3 is 0 Å². The first-order valence-electron chi connectivity index (χ1n) is 5.09. The van der Waals surface area contributed by atoms with Crippen LogP contribution in [0.2, 0.25) is 0 Å². The van der Waals surface area contributed by atoms with Crippen molar-refractivity contribution in [3.63, 3.8) is 0 Å². The summed E-state index contributed by atoms with van der Waals surface area (Å²) in [4.78, 5) is 1.96. The van der Waals surface area contributed by atoms with Gasteiger partial charge in [-0.1, -0.05) is 0 Å². The lowest BCUT2D eigenvalue weighted by Gasteiger charge is -2.21. The number of methoxy groups -OCH3 is 1. The first-order valence-corrected chi connectivity index (χ1v) is 5.09. The van der Waals surface area contributed by atoms with E-state index in [4.69, 9.17) is 15.7 Å². The molecule has 1 heterocycles. The molecule has 1 aromatic heterocycles. The Kier molecular flexibility index (Phi) is 4.61. The molecule has 0 aromatic carbocycles. The average molecular weight is 223 g/mol. The SMILES string of the molecule is COCCN(CCC#N)c1nn(C)cc1N. The monoisotopic (exact) mass is 223 g/mol. The number of anilines is 2. The van der Waals surface area contributed by atoms with Crippen LogP contribution in [0.3, 0.4) is 0 Å². The van der Waals surface area contributed by atoms with Crippen LogP contribution in [0.15, 0.2) is 6.20 Å². The van der Waals surface area contributed by atoms with Crippen molar-refractivity contribution >= 4 is 11.5 Å². The van der Waals surface area contributed by atoms with E-state index < -0.39 is 0 Å². The summed E-state index contributed by atoms with van der Waals surface area (Å²) in [5.41, 5.74) is 6.46. The molecule has 0 radical (unpaired) electrons. The Labute approximate surface area is 95.2 Å². The van der Waals surface area contributed by atoms with Crippen LogP contribution in [0, 0.1) is 11.3 Å². The first kappa shape index (κ1) is 12.3. The van der Waals surface area contributed by atoms with E-state index in [1.165, 1.54) is 0 Å². The number of nitriles is 1. The smallest absolute Gasteiger partial charge is 0.173 e. The van der Waals surface area contributed by atoms with Crippen molar-refractivity contribution in [2.24, 2.45) is 7.05 Å². The Balaban J connectivity index is 2.74. The van der Waals surface area contributed by atoms with Gasteiger partial charge in [-0.05, 0) is 0 Å². The van der Waals surface area contributed by atoms with Gasteiger partial charge in [0.05, 0.1) is 24.8 Å². The molecule has 0 fully saturated rings. The van der Waals surface area contributed by atoms with E-state index in [1.54, 1.807) is 18.0 Å². The molecular formula is C10H17N5O. The highest BCUT2D eigenvalue weighted by Crippen LogP contribution is 2.19. The van der Waals surface area contributed by atoms with Gasteiger partial charge in [-0.15, -0.1) is 0 Å². The summed E-state index contributed by atoms with van der Waals surface area (Å²) < 4.78 is 6.68. The predicted octanol–water partition coefficient (Wildman–Crippen LogP) is 0.369. The van der Waals surface area contributed by atoms with E-state index in [-0.39, 0.29) is 0 Å². The molecule has 0 unspecified atom stereocenters. The van der Waals surface area contributed by atoms with Gasteiger partial charge in [0, 0.05) is 33.4 Å². The van der Waals surface area contributed by atoms with Crippen LogP contribution >= 0.6 is 0 Å². The number of nitrogen functional groups attached to an aromatic ring is 1. The number of aromatic nitrogens is 2. The first-order chi connectivity index (χ1) is 7.69. The van der Waals surface area contributed by atoms with Crippen LogP contribution in [0.25, 0.3) is 0 Å². The summed E-state index contributed by atoms with van der Waals surface area (Å²) in [5, 5.41) is 12.9. The maximum Gasteiger partial charge on any atom is 0.173 e. The second-order valence-electron chi connectivity index (χ2n) is 3.47. The molecule has 0 amide bonds. The van der Waals surface area contributed by atoms with Crippen molar-refractivity contribution in [2.45, 2.75) is 6.42 Å². The third-order valence-corrected chi connectivity index (χ3v) is 2.19. The van der Waals surface area contributed by atoms with Crippen molar-refractivity contribution in [1.82, 2.24) is 9.78 Å². The maximum atomic E-state index is 8.60. The Bertz CT molecular complexity index is 368. The van der Waals surface area contributed by atoms with Crippen molar-refractivity contribution in [2.75, 3.05) is 37.4 Å². The average Bonchev–Trinajstić information content (AvgIpc) is 2.58. The number of ether oxygens (including phenoxy) is 1. The molecule has 0 aliphatic rings. The van der Waals surface area contributed by atoms with Gasteiger partial charge in [0.2, 0.25) is 0 Å². The van der Waals surface area contributed by atoms with Crippen LogP contribution < -0.4 is 10.6 Å². The number of rotatable bonds is 6. The fourth-order valence-electron chi connectivity index (χ4n) is 1.45. The molecule has 0 atom stereocenters. The molecule has 0 saturated carbocycles. The standard InChI is InChI=1S/C10H17N5O/c1-14-8-9(12)10(13-14)15(5-3-4-11)6-7-16-2/h8H,3,5-7,12H2,1-2H3. The topological polar surface area (TPSA) is 80.1 Å². The molecule has 6 nitrogen and oxygen atoms in total. The predicted molar refractivity (Wildman–Crippen MR) is 61.9 cm³/mol. The zero-order valence-electron chi connectivity index (χ0n) is 9.68. The number of aryl methyl sites for hydroxylation is 1. The van der Waals surface area contributed by atoms with Crippen LogP contribution in [-0.2, 0) is 11.8 Å². The number of hydrogen-bond donors (Lipinski definition) is 1. The summed E-state index contributed by atoms with van der Waals surface area (Å²) >= 11 is 0. The summed E-state index contributed by atoms with van der Waals surface area (Å²) in [6.45, 7) is 1.88. The lowest BCUT2D eigenvalue weighted by molar-refractivity contribution is 0.205. The lowest BCUT2D eigenvalue weighted by atomic mass is 10.3. The molecule has 1 aromatic rings. The van der Waals surface area contributed by atoms with Crippen LogP contribution in [0.5, 0.6) is 0 Å². The molecule has 0 bridgehead atoms. The maximum absolute atomic E-state index is 8.60. The highest BCUT2D eigenvalue weighted by atomic mass is 16.5. The van der Waals surface area contributed by atoms with Gasteiger partial charge in [-0.2, -0.15) is 10.4 Å². The van der Waals surface area contributed by atoms with Crippen molar-refractivity contribution in [3.8, 4) is 6.07 Å². The number of nitrogens with two attached hydrogens (primary N) is 1. The van der Waals surface area contributed by atoms with E-state index in [0.29, 0.717) is 31.8 Å². The molecule has 0 aliphatic carbocycles. The fraction of sp³-hybridized carbons (Fsp3) is 0.600. The van der Waals surface area contributed by atoms with Crippen molar-refractivity contribution in [1.29, 1.82) is 5.26 Å². The van der Waals surface area contributed by atoms with Gasteiger partial charge < -0.3 is 15.4 Å². The summed E-state index contributed by atoms with van der Waals surface area (Å²) in [6.07, 6.45) is 2.20. The molecule has 88 valence electrons. The number of hydrogen-bond acceptors (Lipinski definition) is 5. The third kappa shape index (κ3) is 3.14. The van der Waals surface area contributed by atoms with Gasteiger partial charge in [0.15, 0.2) is 5.82 Å². The van der Waals surface area contributed by atoms with Gasteiger partial charge in [-0.25, -0.2) is 0 Å². The van der Waals surface area contributed by atoms with Crippen LogP contribution in [-0.4, -0.2) is 36.6 Å². The lowest BCUT2D eigenvalue weighted by Crippen LogP contribution is -2.29. The highest BCUT2D eigenvalue weighted by Gasteiger charge is 2.12. The minimum atomic E-state index is 0.444. The van der Waals surface area contributed by atoms with E-state index >= 15 is 0 Å². The van der Waals surface area contributed by atoms with Gasteiger partial charge in [0.1, 0.15) is 0 Å². The van der Waals surface area contributed by atoms with Crippen molar-refractivity contribution < 1.29 is 4.74 Å². The minimum absolute atomic E-state index is 0.444. The normalized spacial score (nSPS) is 10.1. The zero-order valence-corrected chi connectivity index (χ0v) is 9.68. The Morgan fingerprint density at radius 2 is 2.38 bits per heavy atom. The fourth-order valence-corrected chi connectivity index (χ4v) is 1.45. The van der Waals surface area contributed by atoms with Crippen LogP contribution in [0.4, 0.5) is 11.5 Å². The molecule has 0 aliphatic heterocycles. The minimum Gasteiger partial charge on any atom is -0.394 e. The molecule has 0 saturated heterocycles. The highest BCUT2D eigenvalue weighted by molar-refractivity contribution is 5.61. The van der Waals surface area contributed by atoms with Gasteiger partial charge in [0.25, 0.3) is 0 Å². The van der Waals surface area contributed by atoms with E-state index in [2.05, 4.69) is 11.2 Å². The number of nitrogens with zero attached hydrogens (tertiary/aromatic N) is 4. The largest absolute Gasteiger partial charge is 0.394 e. The van der Waals surface area contributed by atoms with E-state index in [0.717, 1.165) is 5.82 Å². The molecular weight excluding hydrogens is 206 g/mol. The van der Waals surface area contributed by atoms with Crippen molar-refractivity contribution in [3.05, 3.63) is 6.20 Å². The molecule has 2 N–H and O–H groups in total. The summed E-state index contributed by atoms with van der Waals surface area (Å²) in [7, 11) is 3.46. The third-order valence-electron chi connectivity index (χ3n) is 2.19.